The van der Waals surface area contributed by atoms with Gasteiger partial charge in [0.2, 0.25) is 5.91 Å². The third-order valence-corrected chi connectivity index (χ3v) is 5.33. The molecule has 0 saturated heterocycles. The number of benzene rings is 2. The van der Waals surface area contributed by atoms with Crippen LogP contribution in [0.3, 0.4) is 0 Å². The van der Waals surface area contributed by atoms with E-state index in [1.54, 1.807) is 48.5 Å². The lowest BCUT2D eigenvalue weighted by atomic mass is 10.3. The molecule has 1 amide bonds. The summed E-state index contributed by atoms with van der Waals surface area (Å²) in [4.78, 5) is 14.3. The van der Waals surface area contributed by atoms with Crippen molar-refractivity contribution >= 4 is 21.6 Å². The van der Waals surface area contributed by atoms with Gasteiger partial charge in [-0.15, -0.1) is 0 Å². The van der Waals surface area contributed by atoms with Crippen molar-refractivity contribution in [1.29, 1.82) is 0 Å². The molecule has 0 atom stereocenters. The second kappa shape index (κ2) is 8.64. The summed E-state index contributed by atoms with van der Waals surface area (Å²) in [5.41, 5.74) is 0.453. The van der Waals surface area contributed by atoms with Gasteiger partial charge in [0, 0.05) is 13.1 Å². The Morgan fingerprint density at radius 1 is 0.960 bits per heavy atom. The molecule has 2 aromatic rings. The van der Waals surface area contributed by atoms with Crippen molar-refractivity contribution in [3.8, 4) is 0 Å². The largest absolute Gasteiger partial charge is 0.353 e. The number of nitrogens with one attached hydrogen (secondary N) is 1. The molecule has 0 saturated carbocycles. The van der Waals surface area contributed by atoms with Crippen molar-refractivity contribution in [2.45, 2.75) is 4.90 Å². The minimum Gasteiger partial charge on any atom is -0.353 e. The van der Waals surface area contributed by atoms with E-state index in [1.165, 1.54) is 12.1 Å². The number of hydrogen-bond acceptors (Lipinski definition) is 4. The average Bonchev–Trinajstić information content (AvgIpc) is 2.61. The molecule has 2 rings (SSSR count). The van der Waals surface area contributed by atoms with Crippen LogP contribution in [0.2, 0.25) is 0 Å². The highest BCUT2D eigenvalue weighted by molar-refractivity contribution is 7.92. The van der Waals surface area contributed by atoms with E-state index in [-0.39, 0.29) is 17.3 Å². The number of sulfonamides is 1. The van der Waals surface area contributed by atoms with Crippen molar-refractivity contribution in [2.75, 3.05) is 38.0 Å². The summed E-state index contributed by atoms with van der Waals surface area (Å²) in [5.74, 6) is -0.342. The zero-order valence-electron chi connectivity index (χ0n) is 14.4. The zero-order valence-corrected chi connectivity index (χ0v) is 15.2. The van der Waals surface area contributed by atoms with Gasteiger partial charge in [0.25, 0.3) is 10.0 Å². The fraction of sp³-hybridized carbons (Fsp3) is 0.278. The first kappa shape index (κ1) is 19.0. The highest BCUT2D eigenvalue weighted by Gasteiger charge is 2.26. The lowest BCUT2D eigenvalue weighted by molar-refractivity contribution is -0.119. The molecule has 7 heteroatoms. The number of likely N-dealkylation sites (N-methyl/N-ethyl adjacent to an activating group) is 1. The molecule has 0 radical (unpaired) electrons. The number of hydrogen-bond donors (Lipinski definition) is 1. The molecule has 6 nitrogen and oxygen atoms in total. The van der Waals surface area contributed by atoms with Crippen LogP contribution in [0.4, 0.5) is 5.69 Å². The molecule has 0 spiro atoms. The van der Waals surface area contributed by atoms with Crippen LogP contribution in [-0.4, -0.2) is 53.0 Å². The minimum absolute atomic E-state index is 0.153. The van der Waals surface area contributed by atoms with Gasteiger partial charge in [-0.2, -0.15) is 0 Å². The van der Waals surface area contributed by atoms with E-state index in [0.717, 1.165) is 4.31 Å². The molecule has 0 aliphatic carbocycles. The number of anilines is 1. The number of amides is 1. The maximum Gasteiger partial charge on any atom is 0.264 e. The van der Waals surface area contributed by atoms with E-state index in [4.69, 9.17) is 0 Å². The third kappa shape index (κ3) is 5.30. The first-order chi connectivity index (χ1) is 11.9. The van der Waals surface area contributed by atoms with Crippen LogP contribution in [0.5, 0.6) is 0 Å². The van der Waals surface area contributed by atoms with Crippen molar-refractivity contribution < 1.29 is 13.2 Å². The summed E-state index contributed by atoms with van der Waals surface area (Å²) in [5, 5.41) is 2.75. The lowest BCUT2D eigenvalue weighted by Crippen LogP contribution is -2.42. The summed E-state index contributed by atoms with van der Waals surface area (Å²) in [6, 6.07) is 16.7. The Kier molecular flexibility index (Phi) is 6.55. The molecule has 25 heavy (non-hydrogen) atoms. The fourth-order valence-corrected chi connectivity index (χ4v) is 3.68. The molecule has 0 bridgehead atoms. The van der Waals surface area contributed by atoms with Crippen molar-refractivity contribution in [3.05, 3.63) is 60.7 Å². The molecule has 0 aromatic heterocycles. The molecule has 1 N–H and O–H groups in total. The van der Waals surface area contributed by atoms with Crippen LogP contribution >= 0.6 is 0 Å². The maximum atomic E-state index is 13.0. The fourth-order valence-electron chi connectivity index (χ4n) is 2.23. The van der Waals surface area contributed by atoms with E-state index < -0.39 is 10.0 Å². The van der Waals surface area contributed by atoms with E-state index in [9.17, 15) is 13.2 Å². The molecule has 0 heterocycles. The van der Waals surface area contributed by atoms with E-state index in [0.29, 0.717) is 18.8 Å². The van der Waals surface area contributed by atoms with Crippen LogP contribution in [0.15, 0.2) is 65.6 Å². The van der Waals surface area contributed by atoms with Crippen LogP contribution in [-0.2, 0) is 14.8 Å². The number of nitrogens with zero attached hydrogens (tertiary/aromatic N) is 2. The van der Waals surface area contributed by atoms with Gasteiger partial charge >= 0.3 is 0 Å². The molecular weight excluding hydrogens is 338 g/mol. The SMILES string of the molecule is CN(C)CCNC(=O)CN(c1ccccc1)S(=O)(=O)c1ccccc1. The molecule has 0 aliphatic heterocycles. The minimum atomic E-state index is -3.83. The zero-order chi connectivity index (χ0) is 18.3. The lowest BCUT2D eigenvalue weighted by Gasteiger charge is -2.24. The van der Waals surface area contributed by atoms with Crippen molar-refractivity contribution in [3.63, 3.8) is 0 Å². The predicted octanol–water partition coefficient (Wildman–Crippen LogP) is 1.56. The van der Waals surface area contributed by atoms with Crippen molar-refractivity contribution in [1.82, 2.24) is 10.2 Å². The van der Waals surface area contributed by atoms with E-state index in [2.05, 4.69) is 5.32 Å². The molecule has 2 aromatic carbocycles. The number of carbonyl (C=O) groups is 1. The van der Waals surface area contributed by atoms with Crippen LogP contribution < -0.4 is 9.62 Å². The van der Waals surface area contributed by atoms with Gasteiger partial charge in [0.1, 0.15) is 6.54 Å². The third-order valence-electron chi connectivity index (χ3n) is 3.54. The van der Waals surface area contributed by atoms with Gasteiger partial charge in [-0.25, -0.2) is 8.42 Å². The summed E-state index contributed by atoms with van der Waals surface area (Å²) < 4.78 is 27.1. The van der Waals surface area contributed by atoms with Gasteiger partial charge in [-0.3, -0.25) is 9.10 Å². The predicted molar refractivity (Wildman–Crippen MR) is 99.0 cm³/mol. The molecular formula is C18H23N3O3S. The van der Waals surface area contributed by atoms with E-state index >= 15 is 0 Å². The standard InChI is InChI=1S/C18H23N3O3S/c1-20(2)14-13-19-18(22)15-21(16-9-5-3-6-10-16)25(23,24)17-11-7-4-8-12-17/h3-12H,13-15H2,1-2H3,(H,19,22). The summed E-state index contributed by atoms with van der Waals surface area (Å²) >= 11 is 0. The first-order valence-corrected chi connectivity index (χ1v) is 9.39. The second-order valence-corrected chi connectivity index (χ2v) is 7.68. The molecule has 0 aliphatic rings. The number of para-hydroxylation sites is 1. The van der Waals surface area contributed by atoms with Crippen LogP contribution in [0, 0.1) is 0 Å². The smallest absolute Gasteiger partial charge is 0.264 e. The maximum absolute atomic E-state index is 13.0. The van der Waals surface area contributed by atoms with Gasteiger partial charge in [-0.05, 0) is 38.4 Å². The van der Waals surface area contributed by atoms with Gasteiger partial charge in [0.05, 0.1) is 10.6 Å². The molecule has 134 valence electrons. The van der Waals surface area contributed by atoms with E-state index in [1.807, 2.05) is 19.0 Å². The van der Waals surface area contributed by atoms with Gasteiger partial charge < -0.3 is 10.2 Å². The first-order valence-electron chi connectivity index (χ1n) is 7.95. The van der Waals surface area contributed by atoms with Crippen LogP contribution in [0.1, 0.15) is 0 Å². The van der Waals surface area contributed by atoms with Gasteiger partial charge in [0.15, 0.2) is 0 Å². The second-order valence-electron chi connectivity index (χ2n) is 5.81. The summed E-state index contributed by atoms with van der Waals surface area (Å²) in [6.07, 6.45) is 0. The Hall–Kier alpha value is -2.38. The monoisotopic (exact) mass is 361 g/mol. The Morgan fingerprint density at radius 2 is 1.52 bits per heavy atom. The Bertz CT molecular complexity index is 778. The average molecular weight is 361 g/mol. The highest BCUT2D eigenvalue weighted by atomic mass is 32.2. The normalized spacial score (nSPS) is 11.3. The number of carbonyl (C=O) groups excluding carboxylic acids is 1. The summed E-state index contributed by atoms with van der Waals surface area (Å²) in [6.45, 7) is 0.872. The van der Waals surface area contributed by atoms with Crippen molar-refractivity contribution in [2.24, 2.45) is 0 Å². The Morgan fingerprint density at radius 3 is 2.08 bits per heavy atom. The Labute approximate surface area is 149 Å². The highest BCUT2D eigenvalue weighted by Crippen LogP contribution is 2.22. The number of rotatable bonds is 8. The Balaban J connectivity index is 2.24. The topological polar surface area (TPSA) is 69.7 Å². The van der Waals surface area contributed by atoms with Gasteiger partial charge in [-0.1, -0.05) is 36.4 Å². The quantitative estimate of drug-likeness (QED) is 0.775. The molecule has 0 unspecified atom stereocenters. The molecule has 0 fully saturated rings. The summed E-state index contributed by atoms with van der Waals surface area (Å²) in [7, 11) is -0.0184. The van der Waals surface area contributed by atoms with Crippen LogP contribution in [0.25, 0.3) is 0 Å².